The highest BCUT2D eigenvalue weighted by Gasteiger charge is 2.45. The third-order valence-electron chi connectivity index (χ3n) is 5.19. The van der Waals surface area contributed by atoms with Crippen LogP contribution in [0.4, 0.5) is 27.8 Å². The number of nitriles is 2. The zero-order valence-electron chi connectivity index (χ0n) is 16.2. The van der Waals surface area contributed by atoms with Gasteiger partial charge in [0.25, 0.3) is 0 Å². The summed E-state index contributed by atoms with van der Waals surface area (Å²) in [6, 6.07) is 8.27. The molecular formula is C20H16F5N5O. The van der Waals surface area contributed by atoms with E-state index in [9.17, 15) is 37.3 Å². The van der Waals surface area contributed by atoms with E-state index in [1.165, 1.54) is 18.2 Å². The minimum Gasteiger partial charge on any atom is -0.309 e. The van der Waals surface area contributed by atoms with Crippen molar-refractivity contribution in [2.45, 2.75) is 37.3 Å². The van der Waals surface area contributed by atoms with Crippen LogP contribution < -0.4 is 5.32 Å². The summed E-state index contributed by atoms with van der Waals surface area (Å²) in [4.78, 5) is 13.0. The fourth-order valence-electron chi connectivity index (χ4n) is 3.86. The molecule has 1 saturated carbocycles. The van der Waals surface area contributed by atoms with Crippen molar-refractivity contribution in [3.63, 3.8) is 0 Å². The number of carbonyl (C=O) groups excluding carboxylic acids is 1. The summed E-state index contributed by atoms with van der Waals surface area (Å²) in [5, 5.41) is 24.3. The molecule has 1 N–H and O–H groups in total. The van der Waals surface area contributed by atoms with E-state index in [4.69, 9.17) is 0 Å². The molecule has 11 heteroatoms. The first-order chi connectivity index (χ1) is 14.4. The fraction of sp³-hybridized carbons (Fsp3) is 0.400. The number of nitrogens with one attached hydrogen (secondary N) is 1. The number of aryl methyl sites for hydroxylation is 1. The Morgan fingerprint density at radius 1 is 1.23 bits per heavy atom. The maximum absolute atomic E-state index is 13.9. The van der Waals surface area contributed by atoms with Crippen LogP contribution in [0.1, 0.15) is 47.6 Å². The molecule has 2 unspecified atom stereocenters. The molecule has 0 bridgehead atoms. The molecule has 1 aromatic heterocycles. The molecule has 0 aliphatic heterocycles. The second-order valence-corrected chi connectivity index (χ2v) is 7.43. The number of halogens is 5. The number of alkyl halides is 5. The van der Waals surface area contributed by atoms with Crippen LogP contribution in [0.5, 0.6) is 0 Å². The molecule has 0 radical (unpaired) electrons. The van der Waals surface area contributed by atoms with Gasteiger partial charge in [0.05, 0.1) is 29.2 Å². The molecule has 1 heterocycles. The zero-order chi connectivity index (χ0) is 23.0. The Hall–Kier alpha value is -3.47. The average molecular weight is 437 g/mol. The van der Waals surface area contributed by atoms with Crippen LogP contribution in [0.15, 0.2) is 24.3 Å². The van der Waals surface area contributed by atoms with Crippen LogP contribution >= 0.6 is 0 Å². The molecule has 1 fully saturated rings. The number of rotatable bonds is 4. The lowest BCUT2D eigenvalue weighted by Crippen LogP contribution is -2.28. The Balaban J connectivity index is 1.99. The second-order valence-electron chi connectivity index (χ2n) is 7.43. The summed E-state index contributed by atoms with van der Waals surface area (Å²) in [5.74, 6) is -6.24. The van der Waals surface area contributed by atoms with Crippen LogP contribution in [-0.4, -0.2) is 21.6 Å². The Morgan fingerprint density at radius 3 is 2.29 bits per heavy atom. The molecule has 6 nitrogen and oxygen atoms in total. The normalized spacial score (nSPS) is 18.8. The standard InChI is InChI=1S/C20H16F5N5O/c1-30-15(20(23,24)25)7-16(29-30)28-18(31)17(13-2-3-19(21,22)8-13)14-5-11(9-26)4-12(6-14)10-27/h4-7,13,17H,2-3,8H2,1H3,(H,28,29,31). The van der Waals surface area contributed by atoms with Gasteiger partial charge < -0.3 is 5.32 Å². The van der Waals surface area contributed by atoms with E-state index in [2.05, 4.69) is 10.4 Å². The van der Waals surface area contributed by atoms with Gasteiger partial charge in [-0.3, -0.25) is 9.48 Å². The summed E-state index contributed by atoms with van der Waals surface area (Å²) in [6.45, 7) is 0. The van der Waals surface area contributed by atoms with Crippen LogP contribution in [0.25, 0.3) is 0 Å². The smallest absolute Gasteiger partial charge is 0.309 e. The Labute approximate surface area is 173 Å². The van der Waals surface area contributed by atoms with Gasteiger partial charge in [-0.2, -0.15) is 28.8 Å². The van der Waals surface area contributed by atoms with Crippen molar-refractivity contribution in [3.8, 4) is 12.1 Å². The molecule has 162 valence electrons. The van der Waals surface area contributed by atoms with Crippen molar-refractivity contribution in [2.24, 2.45) is 13.0 Å². The van der Waals surface area contributed by atoms with E-state index in [1.807, 2.05) is 12.1 Å². The Bertz CT molecular complexity index is 1060. The molecular weight excluding hydrogens is 421 g/mol. The van der Waals surface area contributed by atoms with Gasteiger partial charge in [-0.05, 0) is 36.1 Å². The van der Waals surface area contributed by atoms with Crippen LogP contribution in [-0.2, 0) is 18.0 Å². The first-order valence-electron chi connectivity index (χ1n) is 9.18. The Morgan fingerprint density at radius 2 is 1.84 bits per heavy atom. The van der Waals surface area contributed by atoms with Crippen molar-refractivity contribution in [2.75, 3.05) is 5.32 Å². The molecule has 2 aromatic rings. The van der Waals surface area contributed by atoms with E-state index in [-0.39, 0.29) is 28.9 Å². The molecule has 3 rings (SSSR count). The molecule has 0 saturated heterocycles. The number of nitrogens with zero attached hydrogens (tertiary/aromatic N) is 4. The first kappa shape index (κ1) is 22.2. The van der Waals surface area contributed by atoms with Crippen LogP contribution in [0.2, 0.25) is 0 Å². The lowest BCUT2D eigenvalue weighted by atomic mass is 9.82. The maximum atomic E-state index is 13.9. The highest BCUT2D eigenvalue weighted by molar-refractivity contribution is 5.95. The van der Waals surface area contributed by atoms with Crippen molar-refractivity contribution in [1.29, 1.82) is 10.5 Å². The van der Waals surface area contributed by atoms with E-state index in [0.717, 1.165) is 7.05 Å². The molecule has 1 amide bonds. The van der Waals surface area contributed by atoms with Gasteiger partial charge in [0.2, 0.25) is 11.8 Å². The number of hydrogen-bond donors (Lipinski definition) is 1. The van der Waals surface area contributed by atoms with Gasteiger partial charge in [0.15, 0.2) is 5.82 Å². The Kier molecular flexibility index (Phi) is 5.72. The zero-order valence-corrected chi connectivity index (χ0v) is 16.2. The summed E-state index contributed by atoms with van der Waals surface area (Å²) in [7, 11) is 1.06. The number of anilines is 1. The fourth-order valence-corrected chi connectivity index (χ4v) is 3.86. The number of benzene rings is 1. The quantitative estimate of drug-likeness (QED) is 0.720. The summed E-state index contributed by atoms with van der Waals surface area (Å²) < 4.78 is 67.3. The van der Waals surface area contributed by atoms with Gasteiger partial charge >= 0.3 is 6.18 Å². The highest BCUT2D eigenvalue weighted by Crippen LogP contribution is 2.46. The van der Waals surface area contributed by atoms with E-state index in [0.29, 0.717) is 10.7 Å². The predicted molar refractivity (Wildman–Crippen MR) is 97.7 cm³/mol. The minimum absolute atomic E-state index is 0.000224. The van der Waals surface area contributed by atoms with Gasteiger partial charge in [0, 0.05) is 26.0 Å². The number of carbonyl (C=O) groups is 1. The first-order valence-corrected chi connectivity index (χ1v) is 9.18. The number of hydrogen-bond acceptors (Lipinski definition) is 4. The minimum atomic E-state index is -4.69. The molecule has 2 atom stereocenters. The lowest BCUT2D eigenvalue weighted by molar-refractivity contribution is -0.143. The van der Waals surface area contributed by atoms with Gasteiger partial charge in [0.1, 0.15) is 5.69 Å². The van der Waals surface area contributed by atoms with Gasteiger partial charge in [-0.15, -0.1) is 0 Å². The summed E-state index contributed by atoms with van der Waals surface area (Å²) >= 11 is 0. The van der Waals surface area contributed by atoms with Gasteiger partial charge in [-0.25, -0.2) is 8.78 Å². The largest absolute Gasteiger partial charge is 0.433 e. The van der Waals surface area contributed by atoms with E-state index >= 15 is 0 Å². The summed E-state index contributed by atoms with van der Waals surface area (Å²) in [6.07, 6.45) is -5.73. The SMILES string of the molecule is Cn1nc(NC(=O)C(c2cc(C#N)cc(C#N)c2)C2CCC(F)(F)C2)cc1C(F)(F)F. The van der Waals surface area contributed by atoms with E-state index in [1.54, 1.807) is 0 Å². The van der Waals surface area contributed by atoms with Crippen molar-refractivity contribution >= 4 is 11.7 Å². The summed E-state index contributed by atoms with van der Waals surface area (Å²) in [5.41, 5.74) is -0.796. The topological polar surface area (TPSA) is 94.5 Å². The average Bonchev–Trinajstić information content (AvgIpc) is 3.22. The maximum Gasteiger partial charge on any atom is 0.433 e. The van der Waals surface area contributed by atoms with Crippen molar-refractivity contribution < 1.29 is 26.7 Å². The lowest BCUT2D eigenvalue weighted by Gasteiger charge is -2.23. The monoisotopic (exact) mass is 437 g/mol. The third-order valence-corrected chi connectivity index (χ3v) is 5.19. The molecule has 1 aliphatic carbocycles. The molecule has 1 aromatic carbocycles. The van der Waals surface area contributed by atoms with Gasteiger partial charge in [-0.1, -0.05) is 0 Å². The van der Waals surface area contributed by atoms with E-state index < -0.39 is 48.4 Å². The molecule has 1 aliphatic rings. The third kappa shape index (κ3) is 4.82. The van der Waals surface area contributed by atoms with Crippen molar-refractivity contribution in [1.82, 2.24) is 9.78 Å². The number of amides is 1. The van der Waals surface area contributed by atoms with Crippen molar-refractivity contribution in [3.05, 3.63) is 46.6 Å². The second kappa shape index (κ2) is 7.99. The highest BCUT2D eigenvalue weighted by atomic mass is 19.4. The number of aromatic nitrogens is 2. The van der Waals surface area contributed by atoms with Crippen LogP contribution in [0.3, 0.4) is 0 Å². The van der Waals surface area contributed by atoms with Crippen LogP contribution in [0, 0.1) is 28.6 Å². The molecule has 31 heavy (non-hydrogen) atoms. The molecule has 0 spiro atoms. The predicted octanol–water partition coefficient (Wildman–Crippen LogP) is 4.34.